The molecule has 0 aliphatic carbocycles. The number of nitrogens with two attached hydrogens (primary N) is 2. The number of carboxylic acids is 1. The monoisotopic (exact) mass is 206 g/mol. The Morgan fingerprint density at radius 1 is 1.54 bits per heavy atom. The lowest BCUT2D eigenvalue weighted by molar-refractivity contribution is -0.138. The predicted octanol–water partition coefficient (Wildman–Crippen LogP) is -0.605. The minimum atomic E-state index is -1.06. The molecular formula is C7H14N2O3S. The molecule has 2 atom stereocenters. The maximum atomic E-state index is 10.7. The van der Waals surface area contributed by atoms with E-state index in [0.717, 1.165) is 0 Å². The average Bonchev–Trinajstić information content (AvgIpc) is 2.04. The molecule has 0 aliphatic rings. The van der Waals surface area contributed by atoms with Crippen LogP contribution in [0.5, 0.6) is 0 Å². The van der Waals surface area contributed by atoms with E-state index in [-0.39, 0.29) is 11.0 Å². The molecule has 0 aromatic heterocycles. The highest BCUT2D eigenvalue weighted by molar-refractivity contribution is 8.00. The third kappa shape index (κ3) is 4.74. The lowest BCUT2D eigenvalue weighted by Crippen LogP contribution is -2.35. The number of hydrogen-bond acceptors (Lipinski definition) is 4. The zero-order chi connectivity index (χ0) is 10.4. The molecule has 76 valence electrons. The summed E-state index contributed by atoms with van der Waals surface area (Å²) in [4.78, 5) is 21.0. The second-order valence-electron chi connectivity index (χ2n) is 2.58. The summed E-state index contributed by atoms with van der Waals surface area (Å²) in [6.45, 7) is 1.81. The highest BCUT2D eigenvalue weighted by atomic mass is 32.2. The van der Waals surface area contributed by atoms with Gasteiger partial charge in [-0.15, -0.1) is 11.8 Å². The Balaban J connectivity index is 3.85. The molecule has 6 heteroatoms. The number of hydrogen-bond donors (Lipinski definition) is 3. The maximum absolute atomic E-state index is 10.7. The fourth-order valence-electron chi connectivity index (χ4n) is 0.692. The van der Waals surface area contributed by atoms with Gasteiger partial charge in [0.05, 0.1) is 5.25 Å². The van der Waals surface area contributed by atoms with Crippen LogP contribution in [-0.2, 0) is 9.59 Å². The van der Waals surface area contributed by atoms with Gasteiger partial charge in [-0.2, -0.15) is 0 Å². The summed E-state index contributed by atoms with van der Waals surface area (Å²) in [6, 6.07) is -0.932. The van der Waals surface area contributed by atoms with Gasteiger partial charge in [0.15, 0.2) is 0 Å². The molecule has 0 spiro atoms. The van der Waals surface area contributed by atoms with E-state index in [1.165, 1.54) is 11.8 Å². The molecule has 1 amide bonds. The number of amides is 1. The van der Waals surface area contributed by atoms with Crippen molar-refractivity contribution in [1.29, 1.82) is 0 Å². The fraction of sp³-hybridized carbons (Fsp3) is 0.714. The van der Waals surface area contributed by atoms with E-state index >= 15 is 0 Å². The molecule has 0 rings (SSSR count). The molecule has 0 bridgehead atoms. The molecular weight excluding hydrogens is 192 g/mol. The van der Waals surface area contributed by atoms with E-state index in [1.807, 2.05) is 6.92 Å². The molecule has 5 N–H and O–H groups in total. The lowest BCUT2D eigenvalue weighted by atomic mass is 10.3. The van der Waals surface area contributed by atoms with Gasteiger partial charge in [-0.3, -0.25) is 9.59 Å². The highest BCUT2D eigenvalue weighted by Gasteiger charge is 2.18. The summed E-state index contributed by atoms with van der Waals surface area (Å²) < 4.78 is 0. The molecule has 13 heavy (non-hydrogen) atoms. The summed E-state index contributed by atoms with van der Waals surface area (Å²) in [5.41, 5.74) is 10.3. The quantitative estimate of drug-likeness (QED) is 0.537. The number of thioether (sulfide) groups is 1. The van der Waals surface area contributed by atoms with Gasteiger partial charge in [-0.25, -0.2) is 0 Å². The van der Waals surface area contributed by atoms with Gasteiger partial charge in [0.25, 0.3) is 0 Å². The van der Waals surface area contributed by atoms with Gasteiger partial charge in [0.1, 0.15) is 6.04 Å². The zero-order valence-electron chi connectivity index (χ0n) is 7.40. The van der Waals surface area contributed by atoms with Gasteiger partial charge in [0, 0.05) is 5.75 Å². The van der Waals surface area contributed by atoms with Crippen LogP contribution in [0.15, 0.2) is 0 Å². The largest absolute Gasteiger partial charge is 0.480 e. The average molecular weight is 206 g/mol. The van der Waals surface area contributed by atoms with Crippen LogP contribution in [-0.4, -0.2) is 34.0 Å². The van der Waals surface area contributed by atoms with Gasteiger partial charge in [-0.05, 0) is 6.42 Å². The molecule has 0 radical (unpaired) electrons. The third-order valence-electron chi connectivity index (χ3n) is 1.48. The third-order valence-corrected chi connectivity index (χ3v) is 3.00. The topological polar surface area (TPSA) is 106 Å². The Labute approximate surface area is 80.8 Å². The Morgan fingerprint density at radius 2 is 2.08 bits per heavy atom. The van der Waals surface area contributed by atoms with E-state index in [9.17, 15) is 9.59 Å². The standard InChI is InChI=1S/C7H14N2O3S/c1-2-5(6(9)10)13-3-4(8)7(11)12/h4-5H,2-3,8H2,1H3,(H2,9,10)(H,11,12)/t4-,5?/m1/s1. The number of carboxylic acid groups (broad SMARTS) is 1. The fourth-order valence-corrected chi connectivity index (χ4v) is 1.67. The second-order valence-corrected chi connectivity index (χ2v) is 3.81. The van der Waals surface area contributed by atoms with Gasteiger partial charge >= 0.3 is 5.97 Å². The van der Waals surface area contributed by atoms with Crippen LogP contribution in [0.3, 0.4) is 0 Å². The van der Waals surface area contributed by atoms with Crippen LogP contribution in [0.25, 0.3) is 0 Å². The molecule has 0 aromatic rings. The SMILES string of the molecule is CCC(SC[C@@H](N)C(=O)O)C(N)=O. The van der Waals surface area contributed by atoms with Crippen LogP contribution in [0, 0.1) is 0 Å². The molecule has 0 saturated heterocycles. The maximum Gasteiger partial charge on any atom is 0.321 e. The van der Waals surface area contributed by atoms with E-state index < -0.39 is 17.9 Å². The number of carbonyl (C=O) groups excluding carboxylic acids is 1. The molecule has 0 aliphatic heterocycles. The van der Waals surface area contributed by atoms with Crippen molar-refractivity contribution >= 4 is 23.6 Å². The van der Waals surface area contributed by atoms with E-state index in [1.54, 1.807) is 0 Å². The van der Waals surface area contributed by atoms with Crippen molar-refractivity contribution in [3.63, 3.8) is 0 Å². The second kappa shape index (κ2) is 5.82. The Kier molecular flexibility index (Phi) is 5.48. The number of carbonyl (C=O) groups is 2. The first-order valence-electron chi connectivity index (χ1n) is 3.88. The van der Waals surface area contributed by atoms with E-state index in [4.69, 9.17) is 16.6 Å². The summed E-state index contributed by atoms with van der Waals surface area (Å²) in [6.07, 6.45) is 0.590. The first kappa shape index (κ1) is 12.2. The molecule has 0 fully saturated rings. The van der Waals surface area contributed by atoms with Crippen molar-refractivity contribution < 1.29 is 14.7 Å². The van der Waals surface area contributed by atoms with Gasteiger partial charge < -0.3 is 16.6 Å². The summed E-state index contributed by atoms with van der Waals surface area (Å²) in [7, 11) is 0. The summed E-state index contributed by atoms with van der Waals surface area (Å²) in [5.74, 6) is -1.28. The minimum absolute atomic E-state index is 0.205. The molecule has 0 heterocycles. The van der Waals surface area contributed by atoms with E-state index in [0.29, 0.717) is 6.42 Å². The number of aliphatic carboxylic acids is 1. The Bertz CT molecular complexity index is 198. The first-order chi connectivity index (χ1) is 5.99. The van der Waals surface area contributed by atoms with E-state index in [2.05, 4.69) is 0 Å². The molecule has 0 aromatic carbocycles. The number of rotatable bonds is 6. The van der Waals surface area contributed by atoms with Gasteiger partial charge in [0.2, 0.25) is 5.91 Å². The minimum Gasteiger partial charge on any atom is -0.480 e. The van der Waals surface area contributed by atoms with Crippen molar-refractivity contribution in [2.24, 2.45) is 11.5 Å². The van der Waals surface area contributed by atoms with Crippen LogP contribution in [0.2, 0.25) is 0 Å². The smallest absolute Gasteiger partial charge is 0.321 e. The lowest BCUT2D eigenvalue weighted by Gasteiger charge is -2.11. The molecule has 5 nitrogen and oxygen atoms in total. The Morgan fingerprint density at radius 3 is 2.38 bits per heavy atom. The summed E-state index contributed by atoms with van der Waals surface area (Å²) >= 11 is 1.19. The normalized spacial score (nSPS) is 14.9. The van der Waals surface area contributed by atoms with Crippen molar-refractivity contribution in [2.45, 2.75) is 24.6 Å². The molecule has 0 saturated carbocycles. The van der Waals surface area contributed by atoms with Crippen LogP contribution >= 0.6 is 11.8 Å². The van der Waals surface area contributed by atoms with Gasteiger partial charge in [-0.1, -0.05) is 6.92 Å². The molecule has 1 unspecified atom stereocenters. The number of primary amides is 1. The van der Waals surface area contributed by atoms with Crippen molar-refractivity contribution in [3.8, 4) is 0 Å². The van der Waals surface area contributed by atoms with Crippen molar-refractivity contribution in [3.05, 3.63) is 0 Å². The predicted molar refractivity (Wildman–Crippen MR) is 51.3 cm³/mol. The highest BCUT2D eigenvalue weighted by Crippen LogP contribution is 2.14. The first-order valence-corrected chi connectivity index (χ1v) is 4.93. The van der Waals surface area contributed by atoms with Crippen LogP contribution in [0.4, 0.5) is 0 Å². The Hall–Kier alpha value is -0.750. The summed E-state index contributed by atoms with van der Waals surface area (Å²) in [5, 5.41) is 8.11. The van der Waals surface area contributed by atoms with Crippen molar-refractivity contribution in [2.75, 3.05) is 5.75 Å². The zero-order valence-corrected chi connectivity index (χ0v) is 8.21. The van der Waals surface area contributed by atoms with Crippen molar-refractivity contribution in [1.82, 2.24) is 0 Å². The van der Waals surface area contributed by atoms with Crippen LogP contribution < -0.4 is 11.5 Å². The van der Waals surface area contributed by atoms with Crippen LogP contribution in [0.1, 0.15) is 13.3 Å².